The second-order valence-electron chi connectivity index (χ2n) is 6.20. The summed E-state index contributed by atoms with van der Waals surface area (Å²) in [6, 6.07) is 8.27. The minimum atomic E-state index is 0.125. The molecule has 1 aromatic rings. The third-order valence-electron chi connectivity index (χ3n) is 4.22. The number of carbonyl (C=O) groups excluding carboxylic acids is 1. The number of hydrogen-bond acceptors (Lipinski definition) is 2. The summed E-state index contributed by atoms with van der Waals surface area (Å²) in [6.45, 7) is 5.02. The van der Waals surface area contributed by atoms with Crippen LogP contribution in [0.1, 0.15) is 44.2 Å². The first-order valence-electron chi connectivity index (χ1n) is 7.08. The summed E-state index contributed by atoms with van der Waals surface area (Å²) in [5.41, 5.74) is 7.94. The third-order valence-corrected chi connectivity index (χ3v) is 4.22. The van der Waals surface area contributed by atoms with Gasteiger partial charge in [-0.2, -0.15) is 0 Å². The van der Waals surface area contributed by atoms with Crippen molar-refractivity contribution in [2.24, 2.45) is 11.1 Å². The van der Waals surface area contributed by atoms with Gasteiger partial charge >= 0.3 is 0 Å². The fourth-order valence-corrected chi connectivity index (χ4v) is 2.82. The van der Waals surface area contributed by atoms with Crippen molar-refractivity contribution < 1.29 is 4.79 Å². The highest BCUT2D eigenvalue weighted by Gasteiger charge is 2.35. The highest BCUT2D eigenvalue weighted by molar-refractivity contribution is 5.79. The van der Waals surface area contributed by atoms with Crippen LogP contribution < -0.4 is 11.1 Å². The van der Waals surface area contributed by atoms with Crippen molar-refractivity contribution in [3.8, 4) is 0 Å². The van der Waals surface area contributed by atoms with Crippen LogP contribution >= 0.6 is 0 Å². The van der Waals surface area contributed by atoms with Gasteiger partial charge in [-0.05, 0) is 29.4 Å². The van der Waals surface area contributed by atoms with E-state index in [1.807, 2.05) is 24.3 Å². The molecular formula is C16H24N2O. The zero-order chi connectivity index (χ0) is 13.9. The molecule has 1 saturated carbocycles. The monoisotopic (exact) mass is 260 g/mol. The van der Waals surface area contributed by atoms with E-state index < -0.39 is 0 Å². The second-order valence-corrected chi connectivity index (χ2v) is 6.20. The number of nitrogens with two attached hydrogens (primary N) is 1. The Morgan fingerprint density at radius 2 is 1.95 bits per heavy atom. The highest BCUT2D eigenvalue weighted by Crippen LogP contribution is 2.37. The van der Waals surface area contributed by atoms with Crippen molar-refractivity contribution in [3.63, 3.8) is 0 Å². The lowest BCUT2D eigenvalue weighted by Crippen LogP contribution is -2.42. The molecule has 0 bridgehead atoms. The smallest absolute Gasteiger partial charge is 0.224 e. The van der Waals surface area contributed by atoms with E-state index >= 15 is 0 Å². The molecule has 0 spiro atoms. The molecule has 1 atom stereocenters. The van der Waals surface area contributed by atoms with E-state index in [9.17, 15) is 4.79 Å². The summed E-state index contributed by atoms with van der Waals surface area (Å²) in [5, 5.41) is 3.18. The van der Waals surface area contributed by atoms with Gasteiger partial charge < -0.3 is 11.1 Å². The Labute approximate surface area is 115 Å². The van der Waals surface area contributed by atoms with E-state index in [0.717, 1.165) is 17.5 Å². The van der Waals surface area contributed by atoms with Crippen molar-refractivity contribution >= 4 is 5.91 Å². The lowest BCUT2D eigenvalue weighted by atomic mass is 9.87. The van der Waals surface area contributed by atoms with E-state index in [1.54, 1.807) is 0 Å². The lowest BCUT2D eigenvalue weighted by Gasteiger charge is -2.27. The number of rotatable bonds is 4. The molecule has 0 saturated heterocycles. The van der Waals surface area contributed by atoms with Crippen LogP contribution in [0.25, 0.3) is 0 Å². The van der Waals surface area contributed by atoms with Gasteiger partial charge in [0, 0.05) is 12.6 Å². The number of carbonyl (C=O) groups is 1. The maximum atomic E-state index is 12.1. The van der Waals surface area contributed by atoms with Crippen LogP contribution in [0, 0.1) is 5.41 Å². The number of benzene rings is 1. The SMILES string of the molecule is CC1(C)CCCC1NC(=O)Cc1ccc(CN)cc1. The average molecular weight is 260 g/mol. The zero-order valence-corrected chi connectivity index (χ0v) is 11.9. The Kier molecular flexibility index (Phi) is 4.25. The second kappa shape index (κ2) is 5.74. The first-order valence-corrected chi connectivity index (χ1v) is 7.08. The van der Waals surface area contributed by atoms with Crippen molar-refractivity contribution in [1.29, 1.82) is 0 Å². The molecule has 1 aromatic carbocycles. The molecule has 1 fully saturated rings. The highest BCUT2D eigenvalue weighted by atomic mass is 16.1. The van der Waals surface area contributed by atoms with Crippen LogP contribution in [0.15, 0.2) is 24.3 Å². The lowest BCUT2D eigenvalue weighted by molar-refractivity contribution is -0.121. The largest absolute Gasteiger partial charge is 0.353 e. The predicted molar refractivity (Wildman–Crippen MR) is 77.6 cm³/mol. The Morgan fingerprint density at radius 1 is 1.32 bits per heavy atom. The summed E-state index contributed by atoms with van der Waals surface area (Å²) in [7, 11) is 0. The average Bonchev–Trinajstić information content (AvgIpc) is 2.69. The molecule has 0 radical (unpaired) electrons. The molecule has 0 heterocycles. The van der Waals surface area contributed by atoms with Crippen LogP contribution in [-0.4, -0.2) is 11.9 Å². The van der Waals surface area contributed by atoms with Crippen molar-refractivity contribution in [1.82, 2.24) is 5.32 Å². The van der Waals surface area contributed by atoms with Gasteiger partial charge in [0.25, 0.3) is 0 Å². The standard InChI is InChI=1S/C16H24N2O/c1-16(2)9-3-4-14(16)18-15(19)10-12-5-7-13(11-17)8-6-12/h5-8,14H,3-4,9-11,17H2,1-2H3,(H,18,19). The fraction of sp³-hybridized carbons (Fsp3) is 0.562. The van der Waals surface area contributed by atoms with Gasteiger partial charge in [0.2, 0.25) is 5.91 Å². The zero-order valence-electron chi connectivity index (χ0n) is 11.9. The van der Waals surface area contributed by atoms with Crippen molar-refractivity contribution in [2.75, 3.05) is 0 Å². The van der Waals surface area contributed by atoms with Crippen LogP contribution in [0.2, 0.25) is 0 Å². The van der Waals surface area contributed by atoms with Crippen LogP contribution in [0.5, 0.6) is 0 Å². The summed E-state index contributed by atoms with van der Waals surface area (Å²) >= 11 is 0. The third kappa shape index (κ3) is 3.57. The van der Waals surface area contributed by atoms with Gasteiger partial charge in [0.1, 0.15) is 0 Å². The van der Waals surface area contributed by atoms with Gasteiger partial charge in [-0.1, -0.05) is 44.5 Å². The molecule has 0 aliphatic heterocycles. The number of hydrogen-bond donors (Lipinski definition) is 2. The molecule has 1 amide bonds. The molecule has 0 aromatic heterocycles. The molecule has 19 heavy (non-hydrogen) atoms. The molecule has 1 aliphatic carbocycles. The Morgan fingerprint density at radius 3 is 2.47 bits per heavy atom. The Balaban J connectivity index is 1.90. The van der Waals surface area contributed by atoms with Crippen LogP contribution in [0.4, 0.5) is 0 Å². The van der Waals surface area contributed by atoms with Crippen LogP contribution in [-0.2, 0) is 17.8 Å². The van der Waals surface area contributed by atoms with Gasteiger partial charge in [-0.15, -0.1) is 0 Å². The van der Waals surface area contributed by atoms with E-state index in [0.29, 0.717) is 19.0 Å². The quantitative estimate of drug-likeness (QED) is 0.873. The summed E-state index contributed by atoms with van der Waals surface area (Å²) in [5.74, 6) is 0.125. The van der Waals surface area contributed by atoms with Gasteiger partial charge in [0.05, 0.1) is 6.42 Å². The molecule has 1 unspecified atom stereocenters. The molecule has 3 nitrogen and oxygen atoms in total. The Hall–Kier alpha value is -1.35. The van der Waals surface area contributed by atoms with E-state index in [4.69, 9.17) is 5.73 Å². The Bertz CT molecular complexity index is 437. The molecular weight excluding hydrogens is 236 g/mol. The fourth-order valence-electron chi connectivity index (χ4n) is 2.82. The van der Waals surface area contributed by atoms with Crippen molar-refractivity contribution in [3.05, 3.63) is 35.4 Å². The van der Waals surface area contributed by atoms with Gasteiger partial charge in [-0.25, -0.2) is 0 Å². The molecule has 104 valence electrons. The summed E-state index contributed by atoms with van der Waals surface area (Å²) in [6.07, 6.45) is 3.97. The normalized spacial score (nSPS) is 21.3. The van der Waals surface area contributed by atoms with Gasteiger partial charge in [-0.3, -0.25) is 4.79 Å². The first kappa shape index (κ1) is 14.1. The van der Waals surface area contributed by atoms with E-state index in [1.165, 1.54) is 12.8 Å². The number of amides is 1. The molecule has 2 rings (SSSR count). The minimum Gasteiger partial charge on any atom is -0.353 e. The van der Waals surface area contributed by atoms with Crippen molar-refractivity contribution in [2.45, 2.75) is 52.1 Å². The predicted octanol–water partition coefficient (Wildman–Crippen LogP) is 2.38. The topological polar surface area (TPSA) is 55.1 Å². The van der Waals surface area contributed by atoms with E-state index in [-0.39, 0.29) is 11.3 Å². The molecule has 1 aliphatic rings. The maximum absolute atomic E-state index is 12.1. The number of nitrogens with one attached hydrogen (secondary N) is 1. The summed E-state index contributed by atoms with van der Waals surface area (Å²) < 4.78 is 0. The molecule has 3 N–H and O–H groups in total. The minimum absolute atomic E-state index is 0.125. The first-order chi connectivity index (χ1) is 9.01. The summed E-state index contributed by atoms with van der Waals surface area (Å²) in [4.78, 5) is 12.1. The van der Waals surface area contributed by atoms with E-state index in [2.05, 4.69) is 19.2 Å². The van der Waals surface area contributed by atoms with Gasteiger partial charge in [0.15, 0.2) is 0 Å². The molecule has 3 heteroatoms. The maximum Gasteiger partial charge on any atom is 0.224 e. The van der Waals surface area contributed by atoms with Crippen LogP contribution in [0.3, 0.4) is 0 Å².